The minimum absolute atomic E-state index is 0.215. The highest BCUT2D eigenvalue weighted by molar-refractivity contribution is 7.89. The van der Waals surface area contributed by atoms with Crippen molar-refractivity contribution in [2.24, 2.45) is 0 Å². The minimum Gasteiger partial charge on any atom is -0.369 e. The molecule has 9 heteroatoms. The molecule has 2 heterocycles. The molecular weight excluding hydrogens is 364 g/mol. The third kappa shape index (κ3) is 4.81. The lowest BCUT2D eigenvalue weighted by atomic mass is 10.2. The number of fused-ring (bicyclic) bond motifs is 1. The number of rotatable bonds is 9. The second-order valence-electron chi connectivity index (χ2n) is 6.35. The largest absolute Gasteiger partial charge is 0.369 e. The van der Waals surface area contributed by atoms with Gasteiger partial charge in [0.05, 0.1) is 4.90 Å². The summed E-state index contributed by atoms with van der Waals surface area (Å²) in [7, 11) is -3.55. The van der Waals surface area contributed by atoms with Crippen molar-refractivity contribution >= 4 is 21.5 Å². The van der Waals surface area contributed by atoms with Crippen LogP contribution in [0.25, 0.3) is 5.65 Å². The van der Waals surface area contributed by atoms with Crippen LogP contribution in [-0.4, -0.2) is 41.3 Å². The molecule has 0 aliphatic rings. The molecule has 8 nitrogen and oxygen atoms in total. The summed E-state index contributed by atoms with van der Waals surface area (Å²) < 4.78 is 29.1. The summed E-state index contributed by atoms with van der Waals surface area (Å²) in [6.45, 7) is 5.06. The Labute approximate surface area is 159 Å². The Kier molecular flexibility index (Phi) is 6.02. The number of nitrogens with one attached hydrogen (secondary N) is 2. The van der Waals surface area contributed by atoms with E-state index in [-0.39, 0.29) is 11.4 Å². The molecule has 144 valence electrons. The van der Waals surface area contributed by atoms with Crippen molar-refractivity contribution in [3.63, 3.8) is 0 Å². The van der Waals surface area contributed by atoms with E-state index >= 15 is 0 Å². The number of unbranched alkanes of at least 4 members (excludes halogenated alkanes) is 1. The van der Waals surface area contributed by atoms with Crippen molar-refractivity contribution in [1.29, 1.82) is 0 Å². The zero-order valence-corrected chi connectivity index (χ0v) is 16.3. The predicted molar refractivity (Wildman–Crippen MR) is 104 cm³/mol. The summed E-state index contributed by atoms with van der Waals surface area (Å²) in [4.78, 5) is 0.258. The molecule has 0 bridgehead atoms. The maximum atomic E-state index is 12.4. The van der Waals surface area contributed by atoms with Gasteiger partial charge in [-0.25, -0.2) is 13.1 Å². The first-order chi connectivity index (χ1) is 13.0. The van der Waals surface area contributed by atoms with E-state index in [1.807, 2.05) is 25.1 Å². The van der Waals surface area contributed by atoms with E-state index in [1.165, 1.54) is 0 Å². The van der Waals surface area contributed by atoms with Crippen molar-refractivity contribution in [3.8, 4) is 0 Å². The molecule has 0 unspecified atom stereocenters. The van der Waals surface area contributed by atoms with Crippen LogP contribution in [0.15, 0.2) is 41.3 Å². The monoisotopic (exact) mass is 388 g/mol. The normalized spacial score (nSPS) is 11.8. The third-order valence-corrected chi connectivity index (χ3v) is 5.56. The Bertz CT molecular complexity index is 1020. The van der Waals surface area contributed by atoms with Gasteiger partial charge in [0.1, 0.15) is 5.82 Å². The fourth-order valence-corrected chi connectivity index (χ4v) is 3.78. The van der Waals surface area contributed by atoms with Crippen LogP contribution < -0.4 is 10.0 Å². The quantitative estimate of drug-likeness (QED) is 0.545. The second kappa shape index (κ2) is 8.45. The summed E-state index contributed by atoms with van der Waals surface area (Å²) in [5.41, 5.74) is 1.53. The number of benzene rings is 1. The lowest BCUT2D eigenvalue weighted by Gasteiger charge is -2.07. The van der Waals surface area contributed by atoms with Gasteiger partial charge in [0.15, 0.2) is 11.5 Å². The highest BCUT2D eigenvalue weighted by Crippen LogP contribution is 2.11. The first-order valence-electron chi connectivity index (χ1n) is 9.01. The Morgan fingerprint density at radius 2 is 1.96 bits per heavy atom. The van der Waals surface area contributed by atoms with Crippen LogP contribution in [0, 0.1) is 6.92 Å². The number of aryl methyl sites for hydroxylation is 1. The van der Waals surface area contributed by atoms with Gasteiger partial charge in [0.25, 0.3) is 0 Å². The zero-order chi connectivity index (χ0) is 19.3. The molecule has 2 aromatic heterocycles. The standard InChI is InChI=1S/C18H24N6O2S/c1-3-4-11-19-16-8-9-17-21-22-18(24(17)23-16)10-12-20-27(25,26)15-7-5-6-14(2)13-15/h5-9,13,20H,3-4,10-12H2,1-2H3,(H,19,23). The molecular formula is C18H24N6O2S. The average molecular weight is 388 g/mol. The van der Waals surface area contributed by atoms with Crippen molar-refractivity contribution < 1.29 is 8.42 Å². The Morgan fingerprint density at radius 3 is 2.74 bits per heavy atom. The van der Waals surface area contributed by atoms with Gasteiger partial charge in [-0.2, -0.15) is 4.52 Å². The Hall–Kier alpha value is -2.52. The van der Waals surface area contributed by atoms with Gasteiger partial charge in [-0.1, -0.05) is 25.5 Å². The van der Waals surface area contributed by atoms with Crippen LogP contribution >= 0.6 is 0 Å². The van der Waals surface area contributed by atoms with E-state index in [0.717, 1.165) is 30.8 Å². The molecule has 3 aromatic rings. The lowest BCUT2D eigenvalue weighted by molar-refractivity contribution is 0.580. The van der Waals surface area contributed by atoms with Crippen molar-refractivity contribution in [2.75, 3.05) is 18.4 Å². The number of anilines is 1. The predicted octanol–water partition coefficient (Wildman–Crippen LogP) is 2.17. The molecule has 0 radical (unpaired) electrons. The molecule has 2 N–H and O–H groups in total. The second-order valence-corrected chi connectivity index (χ2v) is 8.12. The molecule has 0 spiro atoms. The van der Waals surface area contributed by atoms with Crippen LogP contribution in [0.5, 0.6) is 0 Å². The van der Waals surface area contributed by atoms with Gasteiger partial charge in [-0.05, 0) is 43.2 Å². The van der Waals surface area contributed by atoms with Crippen LogP contribution in [0.1, 0.15) is 31.2 Å². The Morgan fingerprint density at radius 1 is 1.11 bits per heavy atom. The summed E-state index contributed by atoms with van der Waals surface area (Å²) in [5.74, 6) is 1.36. The molecule has 0 atom stereocenters. The molecule has 27 heavy (non-hydrogen) atoms. The SMILES string of the molecule is CCCCNc1ccc2nnc(CCNS(=O)(=O)c3cccc(C)c3)n2n1. The van der Waals surface area contributed by atoms with E-state index < -0.39 is 10.0 Å². The molecule has 0 aliphatic heterocycles. The van der Waals surface area contributed by atoms with Gasteiger partial charge in [0.2, 0.25) is 10.0 Å². The maximum Gasteiger partial charge on any atom is 0.240 e. The minimum atomic E-state index is -3.55. The van der Waals surface area contributed by atoms with Gasteiger partial charge in [-0.3, -0.25) is 0 Å². The molecule has 3 rings (SSSR count). The van der Waals surface area contributed by atoms with Crippen LogP contribution in [-0.2, 0) is 16.4 Å². The Balaban J connectivity index is 1.67. The van der Waals surface area contributed by atoms with Crippen molar-refractivity contribution in [2.45, 2.75) is 38.0 Å². The molecule has 0 saturated heterocycles. The number of nitrogens with zero attached hydrogens (tertiary/aromatic N) is 4. The van der Waals surface area contributed by atoms with E-state index in [0.29, 0.717) is 17.9 Å². The fourth-order valence-electron chi connectivity index (χ4n) is 2.64. The van der Waals surface area contributed by atoms with Crippen LogP contribution in [0.4, 0.5) is 5.82 Å². The highest BCUT2D eigenvalue weighted by Gasteiger charge is 2.14. The van der Waals surface area contributed by atoms with Gasteiger partial charge >= 0.3 is 0 Å². The lowest BCUT2D eigenvalue weighted by Crippen LogP contribution is -2.26. The molecule has 0 amide bonds. The molecule has 0 aliphatic carbocycles. The summed E-state index contributed by atoms with van der Waals surface area (Å²) >= 11 is 0. The molecule has 1 aromatic carbocycles. The van der Waals surface area contributed by atoms with Crippen molar-refractivity contribution in [1.82, 2.24) is 24.5 Å². The number of hydrogen-bond donors (Lipinski definition) is 2. The van der Waals surface area contributed by atoms with Gasteiger partial charge in [0, 0.05) is 19.5 Å². The van der Waals surface area contributed by atoms with Crippen LogP contribution in [0.3, 0.4) is 0 Å². The molecule has 0 fully saturated rings. The molecule has 0 saturated carbocycles. The summed E-state index contributed by atoms with van der Waals surface area (Å²) in [5, 5.41) is 16.0. The smallest absolute Gasteiger partial charge is 0.240 e. The summed E-state index contributed by atoms with van der Waals surface area (Å²) in [6.07, 6.45) is 2.56. The van der Waals surface area contributed by atoms with E-state index in [2.05, 4.69) is 32.3 Å². The number of sulfonamides is 1. The third-order valence-electron chi connectivity index (χ3n) is 4.10. The van der Waals surface area contributed by atoms with E-state index in [9.17, 15) is 8.42 Å². The maximum absolute atomic E-state index is 12.4. The van der Waals surface area contributed by atoms with Crippen LogP contribution in [0.2, 0.25) is 0 Å². The van der Waals surface area contributed by atoms with E-state index in [4.69, 9.17) is 0 Å². The topological polar surface area (TPSA) is 101 Å². The number of aromatic nitrogens is 4. The first-order valence-corrected chi connectivity index (χ1v) is 10.5. The van der Waals surface area contributed by atoms with Gasteiger partial charge < -0.3 is 5.32 Å². The zero-order valence-electron chi connectivity index (χ0n) is 15.5. The van der Waals surface area contributed by atoms with Crippen molar-refractivity contribution in [3.05, 3.63) is 47.8 Å². The average Bonchev–Trinajstić information content (AvgIpc) is 3.04. The van der Waals surface area contributed by atoms with E-state index in [1.54, 1.807) is 22.7 Å². The summed E-state index contributed by atoms with van der Waals surface area (Å²) in [6, 6.07) is 10.5. The highest BCUT2D eigenvalue weighted by atomic mass is 32.2. The number of hydrogen-bond acceptors (Lipinski definition) is 6. The fraction of sp³-hybridized carbons (Fsp3) is 0.389. The van der Waals surface area contributed by atoms with Gasteiger partial charge in [-0.15, -0.1) is 15.3 Å². The first kappa shape index (κ1) is 19.2.